The number of anilines is 1. The van der Waals surface area contributed by atoms with E-state index in [-0.39, 0.29) is 11.9 Å². The molecular formula is C16H19N3O. The zero-order valence-electron chi connectivity index (χ0n) is 11.8. The fraction of sp³-hybridized carbons (Fsp3) is 0.250. The number of aryl methyl sites for hydroxylation is 1. The molecule has 0 bridgehead atoms. The number of benzene rings is 1. The highest BCUT2D eigenvalue weighted by Gasteiger charge is 2.12. The lowest BCUT2D eigenvalue weighted by Crippen LogP contribution is -2.27. The van der Waals surface area contributed by atoms with Gasteiger partial charge in [-0.2, -0.15) is 0 Å². The Hall–Kier alpha value is -2.36. The molecule has 0 saturated heterocycles. The van der Waals surface area contributed by atoms with Crippen molar-refractivity contribution in [3.63, 3.8) is 0 Å². The number of rotatable bonds is 4. The maximum Gasteiger partial charge on any atom is 0.251 e. The molecule has 0 aliphatic carbocycles. The third-order valence-corrected chi connectivity index (χ3v) is 3.17. The highest BCUT2D eigenvalue weighted by molar-refractivity contribution is 5.95. The van der Waals surface area contributed by atoms with Gasteiger partial charge in [-0.1, -0.05) is 37.3 Å². The molecule has 0 spiro atoms. The van der Waals surface area contributed by atoms with Crippen LogP contribution < -0.4 is 11.1 Å². The van der Waals surface area contributed by atoms with Crippen LogP contribution in [-0.4, -0.2) is 10.9 Å². The number of nitrogen functional groups attached to an aromatic ring is 1. The van der Waals surface area contributed by atoms with E-state index in [9.17, 15) is 4.79 Å². The first-order valence-electron chi connectivity index (χ1n) is 6.72. The normalized spacial score (nSPS) is 11.9. The number of nitrogens with zero attached hydrogens (tertiary/aromatic N) is 1. The van der Waals surface area contributed by atoms with E-state index in [1.807, 2.05) is 44.2 Å². The van der Waals surface area contributed by atoms with E-state index in [4.69, 9.17) is 5.73 Å². The molecule has 4 nitrogen and oxygen atoms in total. The summed E-state index contributed by atoms with van der Waals surface area (Å²) < 4.78 is 0. The lowest BCUT2D eigenvalue weighted by molar-refractivity contribution is 0.0939. The summed E-state index contributed by atoms with van der Waals surface area (Å²) in [6.07, 6.45) is 0.750. The standard InChI is InChI=1S/C16H19N3O/c1-3-14-9-13(10-15(17)19-14)16(20)18-11(2)12-7-5-4-6-8-12/h4-11H,3H2,1-2H3,(H2,17,19)(H,18,20). The maximum atomic E-state index is 12.3. The lowest BCUT2D eigenvalue weighted by atomic mass is 10.1. The van der Waals surface area contributed by atoms with Crippen molar-refractivity contribution in [2.75, 3.05) is 5.73 Å². The molecule has 0 saturated carbocycles. The van der Waals surface area contributed by atoms with E-state index in [2.05, 4.69) is 10.3 Å². The van der Waals surface area contributed by atoms with Crippen LogP contribution >= 0.6 is 0 Å². The van der Waals surface area contributed by atoms with Crippen molar-refractivity contribution in [2.24, 2.45) is 0 Å². The minimum atomic E-state index is -0.134. The Morgan fingerprint density at radius 2 is 2.00 bits per heavy atom. The number of carbonyl (C=O) groups is 1. The van der Waals surface area contributed by atoms with Gasteiger partial charge in [0.2, 0.25) is 0 Å². The third-order valence-electron chi connectivity index (χ3n) is 3.17. The van der Waals surface area contributed by atoms with Crippen LogP contribution in [0.2, 0.25) is 0 Å². The Morgan fingerprint density at radius 1 is 1.30 bits per heavy atom. The van der Waals surface area contributed by atoms with Crippen molar-refractivity contribution in [3.05, 3.63) is 59.3 Å². The molecule has 2 rings (SSSR count). The van der Waals surface area contributed by atoms with Gasteiger partial charge in [-0.15, -0.1) is 0 Å². The topological polar surface area (TPSA) is 68.0 Å². The van der Waals surface area contributed by atoms with E-state index in [0.717, 1.165) is 17.7 Å². The van der Waals surface area contributed by atoms with Crippen LogP contribution in [0.15, 0.2) is 42.5 Å². The number of hydrogen-bond donors (Lipinski definition) is 2. The molecule has 2 aromatic rings. The number of amides is 1. The summed E-state index contributed by atoms with van der Waals surface area (Å²) in [5, 5.41) is 2.97. The van der Waals surface area contributed by atoms with Crippen molar-refractivity contribution in [1.82, 2.24) is 10.3 Å². The second-order valence-electron chi connectivity index (χ2n) is 4.73. The van der Waals surface area contributed by atoms with Crippen LogP contribution in [0.3, 0.4) is 0 Å². The number of aromatic nitrogens is 1. The molecule has 104 valence electrons. The molecule has 1 aromatic heterocycles. The first-order chi connectivity index (χ1) is 9.60. The smallest absolute Gasteiger partial charge is 0.251 e. The summed E-state index contributed by atoms with van der Waals surface area (Å²) in [6.45, 7) is 3.94. The van der Waals surface area contributed by atoms with E-state index in [1.54, 1.807) is 12.1 Å². The van der Waals surface area contributed by atoms with Gasteiger partial charge >= 0.3 is 0 Å². The summed E-state index contributed by atoms with van der Waals surface area (Å²) >= 11 is 0. The Morgan fingerprint density at radius 3 is 2.65 bits per heavy atom. The molecule has 1 heterocycles. The molecule has 4 heteroatoms. The molecule has 0 aliphatic heterocycles. The average molecular weight is 269 g/mol. The molecule has 1 atom stereocenters. The van der Waals surface area contributed by atoms with Crippen molar-refractivity contribution in [1.29, 1.82) is 0 Å². The fourth-order valence-electron chi connectivity index (χ4n) is 2.03. The van der Waals surface area contributed by atoms with Crippen LogP contribution in [0.25, 0.3) is 0 Å². The molecule has 1 amide bonds. The van der Waals surface area contributed by atoms with E-state index in [0.29, 0.717) is 11.4 Å². The molecule has 0 fully saturated rings. The maximum absolute atomic E-state index is 12.3. The van der Waals surface area contributed by atoms with E-state index < -0.39 is 0 Å². The zero-order valence-corrected chi connectivity index (χ0v) is 11.8. The largest absolute Gasteiger partial charge is 0.384 e. The zero-order chi connectivity index (χ0) is 14.5. The first-order valence-corrected chi connectivity index (χ1v) is 6.72. The summed E-state index contributed by atoms with van der Waals surface area (Å²) in [6, 6.07) is 13.2. The number of nitrogens with one attached hydrogen (secondary N) is 1. The van der Waals surface area contributed by atoms with Crippen molar-refractivity contribution in [2.45, 2.75) is 26.3 Å². The number of nitrogens with two attached hydrogens (primary N) is 1. The van der Waals surface area contributed by atoms with Crippen molar-refractivity contribution >= 4 is 11.7 Å². The summed E-state index contributed by atoms with van der Waals surface area (Å²) in [4.78, 5) is 16.4. The Bertz CT molecular complexity index is 596. The van der Waals surface area contributed by atoms with Gasteiger partial charge in [0.1, 0.15) is 5.82 Å². The predicted molar refractivity (Wildman–Crippen MR) is 80.4 cm³/mol. The average Bonchev–Trinajstić information content (AvgIpc) is 2.47. The fourth-order valence-corrected chi connectivity index (χ4v) is 2.03. The van der Waals surface area contributed by atoms with Gasteiger partial charge in [0.15, 0.2) is 0 Å². The number of hydrogen-bond acceptors (Lipinski definition) is 3. The van der Waals surface area contributed by atoms with Crippen molar-refractivity contribution < 1.29 is 4.79 Å². The molecular weight excluding hydrogens is 250 g/mol. The highest BCUT2D eigenvalue weighted by atomic mass is 16.1. The van der Waals surface area contributed by atoms with Crippen LogP contribution in [-0.2, 0) is 6.42 Å². The van der Waals surface area contributed by atoms with Crippen LogP contribution in [0.1, 0.15) is 41.5 Å². The Balaban J connectivity index is 2.14. The van der Waals surface area contributed by atoms with E-state index in [1.165, 1.54) is 0 Å². The van der Waals surface area contributed by atoms with Crippen LogP contribution in [0.4, 0.5) is 5.82 Å². The van der Waals surface area contributed by atoms with Gasteiger partial charge < -0.3 is 11.1 Å². The monoisotopic (exact) mass is 269 g/mol. The van der Waals surface area contributed by atoms with Gasteiger partial charge in [0.25, 0.3) is 5.91 Å². The predicted octanol–water partition coefficient (Wildman–Crippen LogP) is 2.72. The van der Waals surface area contributed by atoms with E-state index >= 15 is 0 Å². The molecule has 1 aromatic carbocycles. The van der Waals surface area contributed by atoms with Gasteiger partial charge in [0.05, 0.1) is 6.04 Å². The van der Waals surface area contributed by atoms with Crippen molar-refractivity contribution in [3.8, 4) is 0 Å². The minimum absolute atomic E-state index is 0.0526. The summed E-state index contributed by atoms with van der Waals surface area (Å²) in [5.74, 6) is 0.243. The summed E-state index contributed by atoms with van der Waals surface area (Å²) in [5.41, 5.74) is 8.17. The van der Waals surface area contributed by atoms with Gasteiger partial charge in [-0.25, -0.2) is 4.98 Å². The molecule has 0 radical (unpaired) electrons. The summed E-state index contributed by atoms with van der Waals surface area (Å²) in [7, 11) is 0. The third kappa shape index (κ3) is 3.35. The quantitative estimate of drug-likeness (QED) is 0.896. The Labute approximate surface area is 119 Å². The van der Waals surface area contributed by atoms with Gasteiger partial charge in [0, 0.05) is 11.3 Å². The number of pyridine rings is 1. The lowest BCUT2D eigenvalue weighted by Gasteiger charge is -2.14. The van der Waals surface area contributed by atoms with Gasteiger partial charge in [-0.3, -0.25) is 4.79 Å². The molecule has 0 aliphatic rings. The Kier molecular flexibility index (Phi) is 4.35. The molecule has 1 unspecified atom stereocenters. The van der Waals surface area contributed by atoms with Gasteiger partial charge in [-0.05, 0) is 31.0 Å². The molecule has 20 heavy (non-hydrogen) atoms. The van der Waals surface area contributed by atoms with Crippen LogP contribution in [0, 0.1) is 0 Å². The molecule has 3 N–H and O–H groups in total. The SMILES string of the molecule is CCc1cc(C(=O)NC(C)c2ccccc2)cc(N)n1. The van der Waals surface area contributed by atoms with Crippen LogP contribution in [0.5, 0.6) is 0 Å². The second-order valence-corrected chi connectivity index (χ2v) is 4.73. The minimum Gasteiger partial charge on any atom is -0.384 e. The highest BCUT2D eigenvalue weighted by Crippen LogP contribution is 2.14. The number of carbonyl (C=O) groups excluding carboxylic acids is 1. The first kappa shape index (κ1) is 14.1. The second kappa shape index (κ2) is 6.19.